The standard InChI is InChI=1S/C19H21N5O2/c1-24-9-8-20-18(24)17(12-6-7-12)21-19(25)16-11-15(22-23-16)13-4-3-5-14(10-13)26-2/h3-5,8-12,17H,6-7H2,1-2H3,(H,21,25)(H,22,23). The maximum absolute atomic E-state index is 12.7. The zero-order valence-electron chi connectivity index (χ0n) is 14.8. The van der Waals surface area contributed by atoms with Gasteiger partial charge in [-0.2, -0.15) is 5.10 Å². The van der Waals surface area contributed by atoms with E-state index in [1.165, 1.54) is 0 Å². The minimum Gasteiger partial charge on any atom is -0.497 e. The lowest BCUT2D eigenvalue weighted by atomic mass is 10.1. The number of hydrogen-bond acceptors (Lipinski definition) is 4. The minimum atomic E-state index is -0.174. The molecule has 0 aliphatic heterocycles. The summed E-state index contributed by atoms with van der Waals surface area (Å²) >= 11 is 0. The first-order chi connectivity index (χ1) is 12.7. The first-order valence-electron chi connectivity index (χ1n) is 8.63. The highest BCUT2D eigenvalue weighted by Crippen LogP contribution is 2.40. The van der Waals surface area contributed by atoms with Crippen LogP contribution in [0.1, 0.15) is 35.2 Å². The molecule has 2 heterocycles. The Balaban J connectivity index is 1.53. The lowest BCUT2D eigenvalue weighted by Crippen LogP contribution is -2.31. The number of benzene rings is 1. The van der Waals surface area contributed by atoms with Gasteiger partial charge in [0.2, 0.25) is 0 Å². The highest BCUT2D eigenvalue weighted by atomic mass is 16.5. The van der Waals surface area contributed by atoms with Crippen LogP contribution < -0.4 is 10.1 Å². The zero-order chi connectivity index (χ0) is 18.1. The van der Waals surface area contributed by atoms with E-state index >= 15 is 0 Å². The van der Waals surface area contributed by atoms with E-state index in [9.17, 15) is 4.79 Å². The Labute approximate surface area is 151 Å². The van der Waals surface area contributed by atoms with Crippen molar-refractivity contribution in [2.75, 3.05) is 7.11 Å². The molecule has 0 saturated heterocycles. The molecular formula is C19H21N5O2. The van der Waals surface area contributed by atoms with Gasteiger partial charge in [-0.15, -0.1) is 0 Å². The Morgan fingerprint density at radius 1 is 1.38 bits per heavy atom. The minimum absolute atomic E-state index is 0.0777. The SMILES string of the molecule is COc1cccc(-c2cc(C(=O)NC(c3nccn3C)C3CC3)[nH]n2)c1. The first kappa shape index (κ1) is 16.4. The molecule has 134 valence electrons. The number of imidazole rings is 1. The third-order valence-electron chi connectivity index (χ3n) is 4.70. The summed E-state index contributed by atoms with van der Waals surface area (Å²) in [5.74, 6) is 1.90. The normalized spacial score (nSPS) is 14.8. The number of aromatic amines is 1. The van der Waals surface area contributed by atoms with E-state index in [0.29, 0.717) is 17.3 Å². The van der Waals surface area contributed by atoms with Gasteiger partial charge < -0.3 is 14.6 Å². The number of carbonyl (C=O) groups is 1. The lowest BCUT2D eigenvalue weighted by molar-refractivity contribution is 0.0924. The first-order valence-corrected chi connectivity index (χ1v) is 8.63. The fourth-order valence-electron chi connectivity index (χ4n) is 3.09. The van der Waals surface area contributed by atoms with Crippen LogP contribution >= 0.6 is 0 Å². The Morgan fingerprint density at radius 2 is 2.23 bits per heavy atom. The molecule has 0 radical (unpaired) electrons. The molecule has 4 rings (SSSR count). The van der Waals surface area contributed by atoms with Gasteiger partial charge in [0.1, 0.15) is 17.3 Å². The molecule has 1 atom stereocenters. The van der Waals surface area contributed by atoms with Crippen molar-refractivity contribution in [1.82, 2.24) is 25.1 Å². The van der Waals surface area contributed by atoms with E-state index in [1.807, 2.05) is 42.1 Å². The number of nitrogens with one attached hydrogen (secondary N) is 2. The summed E-state index contributed by atoms with van der Waals surface area (Å²) in [5, 5.41) is 10.2. The van der Waals surface area contributed by atoms with E-state index in [1.54, 1.807) is 19.4 Å². The number of hydrogen-bond donors (Lipinski definition) is 2. The summed E-state index contributed by atoms with van der Waals surface area (Å²) in [7, 11) is 3.57. The van der Waals surface area contributed by atoms with Gasteiger partial charge in [-0.3, -0.25) is 9.89 Å². The third-order valence-corrected chi connectivity index (χ3v) is 4.70. The maximum Gasteiger partial charge on any atom is 0.269 e. The Hall–Kier alpha value is -3.09. The van der Waals surface area contributed by atoms with Crippen molar-refractivity contribution < 1.29 is 9.53 Å². The fourth-order valence-corrected chi connectivity index (χ4v) is 3.09. The van der Waals surface area contributed by atoms with Crippen molar-refractivity contribution in [3.63, 3.8) is 0 Å². The van der Waals surface area contributed by atoms with Crippen LogP contribution in [0.4, 0.5) is 0 Å². The summed E-state index contributed by atoms with van der Waals surface area (Å²) < 4.78 is 7.20. The van der Waals surface area contributed by atoms with Crippen LogP contribution in [0.3, 0.4) is 0 Å². The van der Waals surface area contributed by atoms with Crippen LogP contribution in [0, 0.1) is 5.92 Å². The monoisotopic (exact) mass is 351 g/mol. The number of H-pyrrole nitrogens is 1. The van der Waals surface area contributed by atoms with Gasteiger partial charge in [0.15, 0.2) is 0 Å². The second-order valence-electron chi connectivity index (χ2n) is 6.58. The molecular weight excluding hydrogens is 330 g/mol. The molecule has 2 N–H and O–H groups in total. The number of aromatic nitrogens is 4. The second-order valence-corrected chi connectivity index (χ2v) is 6.58. The number of carbonyl (C=O) groups excluding carboxylic acids is 1. The molecule has 7 nitrogen and oxygen atoms in total. The van der Waals surface area contributed by atoms with Gasteiger partial charge in [0.25, 0.3) is 5.91 Å². The van der Waals surface area contributed by atoms with E-state index in [0.717, 1.165) is 30.0 Å². The molecule has 0 bridgehead atoms. The predicted molar refractivity (Wildman–Crippen MR) is 96.7 cm³/mol. The van der Waals surface area contributed by atoms with Crippen molar-refractivity contribution in [2.45, 2.75) is 18.9 Å². The van der Waals surface area contributed by atoms with E-state index in [-0.39, 0.29) is 11.9 Å². The molecule has 1 aliphatic rings. The molecule has 26 heavy (non-hydrogen) atoms. The number of rotatable bonds is 6. The number of aryl methyl sites for hydroxylation is 1. The van der Waals surface area contributed by atoms with Crippen molar-refractivity contribution >= 4 is 5.91 Å². The van der Waals surface area contributed by atoms with Crippen LogP contribution in [-0.4, -0.2) is 32.8 Å². The topological polar surface area (TPSA) is 84.8 Å². The number of amides is 1. The molecule has 1 aromatic carbocycles. The summed E-state index contributed by atoms with van der Waals surface area (Å²) in [5.41, 5.74) is 2.03. The highest BCUT2D eigenvalue weighted by Gasteiger charge is 2.36. The Morgan fingerprint density at radius 3 is 2.92 bits per heavy atom. The number of methoxy groups -OCH3 is 1. The van der Waals surface area contributed by atoms with Gasteiger partial charge in [0.05, 0.1) is 18.8 Å². The number of nitrogens with zero attached hydrogens (tertiary/aromatic N) is 3. The van der Waals surface area contributed by atoms with Gasteiger partial charge in [-0.25, -0.2) is 4.98 Å². The smallest absolute Gasteiger partial charge is 0.269 e. The van der Waals surface area contributed by atoms with Crippen molar-refractivity contribution in [2.24, 2.45) is 13.0 Å². The number of ether oxygens (including phenoxy) is 1. The maximum atomic E-state index is 12.7. The molecule has 1 amide bonds. The quantitative estimate of drug-likeness (QED) is 0.715. The average Bonchev–Trinajstić information content (AvgIpc) is 3.22. The molecule has 3 aromatic rings. The van der Waals surface area contributed by atoms with E-state index in [4.69, 9.17) is 4.74 Å². The molecule has 1 unspecified atom stereocenters. The van der Waals surface area contributed by atoms with Crippen molar-refractivity contribution in [3.05, 3.63) is 54.2 Å². The van der Waals surface area contributed by atoms with Gasteiger partial charge in [0, 0.05) is 25.0 Å². The molecule has 1 fully saturated rings. The molecule has 2 aromatic heterocycles. The summed E-state index contributed by atoms with van der Waals surface area (Å²) in [6.07, 6.45) is 5.87. The molecule has 1 saturated carbocycles. The average molecular weight is 351 g/mol. The van der Waals surface area contributed by atoms with Crippen LogP contribution in [-0.2, 0) is 7.05 Å². The van der Waals surface area contributed by atoms with E-state index < -0.39 is 0 Å². The fraction of sp³-hybridized carbons (Fsp3) is 0.316. The molecule has 1 aliphatic carbocycles. The van der Waals surface area contributed by atoms with Crippen LogP contribution in [0.15, 0.2) is 42.7 Å². The largest absolute Gasteiger partial charge is 0.497 e. The summed E-state index contributed by atoms with van der Waals surface area (Å²) in [6, 6.07) is 9.27. The zero-order valence-corrected chi connectivity index (χ0v) is 14.8. The predicted octanol–water partition coefficient (Wildman–Crippen LogP) is 2.70. The summed E-state index contributed by atoms with van der Waals surface area (Å²) in [4.78, 5) is 17.1. The Bertz CT molecular complexity index is 925. The van der Waals surface area contributed by atoms with Crippen LogP contribution in [0.5, 0.6) is 5.75 Å². The van der Waals surface area contributed by atoms with Gasteiger partial charge >= 0.3 is 0 Å². The molecule has 0 spiro atoms. The van der Waals surface area contributed by atoms with Crippen LogP contribution in [0.2, 0.25) is 0 Å². The van der Waals surface area contributed by atoms with Gasteiger partial charge in [-0.1, -0.05) is 12.1 Å². The van der Waals surface area contributed by atoms with Crippen molar-refractivity contribution in [3.8, 4) is 17.0 Å². The third kappa shape index (κ3) is 3.20. The lowest BCUT2D eigenvalue weighted by Gasteiger charge is -2.17. The second kappa shape index (κ2) is 6.67. The van der Waals surface area contributed by atoms with Crippen LogP contribution in [0.25, 0.3) is 11.3 Å². The highest BCUT2D eigenvalue weighted by molar-refractivity contribution is 5.93. The molecule has 7 heteroatoms. The Kier molecular flexibility index (Phi) is 4.20. The van der Waals surface area contributed by atoms with Crippen molar-refractivity contribution in [1.29, 1.82) is 0 Å². The van der Waals surface area contributed by atoms with E-state index in [2.05, 4.69) is 20.5 Å². The summed E-state index contributed by atoms with van der Waals surface area (Å²) in [6.45, 7) is 0. The van der Waals surface area contributed by atoms with Gasteiger partial charge in [-0.05, 0) is 37.0 Å².